The summed E-state index contributed by atoms with van der Waals surface area (Å²) >= 11 is 7.37. The van der Waals surface area contributed by atoms with E-state index in [1.54, 1.807) is 11.3 Å². The minimum Gasteiger partial charge on any atom is -0.464 e. The molecule has 1 N–H and O–H groups in total. The van der Waals surface area contributed by atoms with Crippen molar-refractivity contribution in [1.82, 2.24) is 19.9 Å². The van der Waals surface area contributed by atoms with E-state index in [0.29, 0.717) is 19.1 Å². The van der Waals surface area contributed by atoms with Crippen molar-refractivity contribution in [2.24, 2.45) is 0 Å². The van der Waals surface area contributed by atoms with Crippen LogP contribution in [-0.4, -0.2) is 26.5 Å². The summed E-state index contributed by atoms with van der Waals surface area (Å²) in [6.45, 7) is 4.82. The fourth-order valence-electron chi connectivity index (χ4n) is 1.26. The molecule has 2 aromatic rings. The molecule has 0 unspecified atom stereocenters. The van der Waals surface area contributed by atoms with Gasteiger partial charge in [0.2, 0.25) is 11.2 Å². The average molecular weight is 286 g/mol. The second-order valence-electron chi connectivity index (χ2n) is 3.36. The number of aryl methyl sites for hydroxylation is 1. The molecular formula is C10H12ClN5OS. The molecule has 8 heteroatoms. The zero-order chi connectivity index (χ0) is 13.0. The lowest BCUT2D eigenvalue weighted by molar-refractivity contribution is 0.312. The molecule has 0 aliphatic carbocycles. The summed E-state index contributed by atoms with van der Waals surface area (Å²) < 4.78 is 5.18. The van der Waals surface area contributed by atoms with Crippen LogP contribution in [-0.2, 0) is 6.54 Å². The first-order valence-corrected chi connectivity index (χ1v) is 6.62. The Balaban J connectivity index is 2.04. The lowest BCUT2D eigenvalue weighted by Gasteiger charge is -2.05. The van der Waals surface area contributed by atoms with Crippen LogP contribution in [0.2, 0.25) is 5.28 Å². The van der Waals surface area contributed by atoms with Gasteiger partial charge in [0.15, 0.2) is 0 Å². The first kappa shape index (κ1) is 13.0. The van der Waals surface area contributed by atoms with Gasteiger partial charge in [-0.3, -0.25) is 0 Å². The molecule has 0 saturated heterocycles. The van der Waals surface area contributed by atoms with Crippen molar-refractivity contribution >= 4 is 28.9 Å². The number of anilines is 1. The molecule has 18 heavy (non-hydrogen) atoms. The maximum atomic E-state index is 5.78. The smallest absolute Gasteiger partial charge is 0.322 e. The van der Waals surface area contributed by atoms with E-state index >= 15 is 0 Å². The highest BCUT2D eigenvalue weighted by Gasteiger charge is 2.06. The van der Waals surface area contributed by atoms with Crippen LogP contribution >= 0.6 is 22.9 Å². The molecule has 6 nitrogen and oxygen atoms in total. The first-order valence-electron chi connectivity index (χ1n) is 5.36. The Bertz CT molecular complexity index is 533. The van der Waals surface area contributed by atoms with Crippen molar-refractivity contribution in [3.8, 4) is 6.01 Å². The molecule has 0 spiro atoms. The van der Waals surface area contributed by atoms with E-state index in [1.807, 2.05) is 19.2 Å². The third kappa shape index (κ3) is 3.51. The van der Waals surface area contributed by atoms with Crippen LogP contribution in [0.3, 0.4) is 0 Å². The van der Waals surface area contributed by atoms with Crippen LogP contribution in [0.15, 0.2) is 5.38 Å². The molecule has 96 valence electrons. The van der Waals surface area contributed by atoms with Crippen LogP contribution in [0.25, 0.3) is 0 Å². The zero-order valence-corrected chi connectivity index (χ0v) is 11.5. The quantitative estimate of drug-likeness (QED) is 0.909. The number of nitrogens with one attached hydrogen (secondary N) is 1. The molecule has 0 radical (unpaired) electrons. The van der Waals surface area contributed by atoms with Gasteiger partial charge < -0.3 is 10.1 Å². The topological polar surface area (TPSA) is 72.8 Å². The van der Waals surface area contributed by atoms with Crippen LogP contribution in [0.4, 0.5) is 5.95 Å². The number of ether oxygens (including phenoxy) is 1. The Morgan fingerprint density at radius 2 is 2.17 bits per heavy atom. The standard InChI is InChI=1S/C10H12ClN5OS/c1-3-17-10-15-8(11)14-9(16-10)12-4-7-5-18-6(2)13-7/h5H,3-4H2,1-2H3,(H,12,14,15,16). The summed E-state index contributed by atoms with van der Waals surface area (Å²) in [7, 11) is 0. The molecule has 0 aromatic carbocycles. The minimum atomic E-state index is 0.102. The predicted octanol–water partition coefficient (Wildman–Crippen LogP) is 2.30. The van der Waals surface area contributed by atoms with E-state index in [0.717, 1.165) is 10.7 Å². The molecule has 0 aliphatic heterocycles. The van der Waals surface area contributed by atoms with Gasteiger partial charge in [-0.15, -0.1) is 11.3 Å². The molecule has 2 heterocycles. The van der Waals surface area contributed by atoms with Crippen molar-refractivity contribution in [2.75, 3.05) is 11.9 Å². The van der Waals surface area contributed by atoms with Gasteiger partial charge in [0.05, 0.1) is 23.9 Å². The summed E-state index contributed by atoms with van der Waals surface area (Å²) in [5, 5.41) is 6.14. The van der Waals surface area contributed by atoms with Gasteiger partial charge in [-0.2, -0.15) is 15.0 Å². The van der Waals surface area contributed by atoms with Gasteiger partial charge in [-0.25, -0.2) is 4.98 Å². The van der Waals surface area contributed by atoms with Crippen molar-refractivity contribution in [3.63, 3.8) is 0 Å². The van der Waals surface area contributed by atoms with Gasteiger partial charge in [-0.05, 0) is 25.4 Å². The second-order valence-corrected chi connectivity index (χ2v) is 4.76. The monoisotopic (exact) mass is 285 g/mol. The number of nitrogens with zero attached hydrogens (tertiary/aromatic N) is 4. The Morgan fingerprint density at radius 1 is 1.33 bits per heavy atom. The Morgan fingerprint density at radius 3 is 2.83 bits per heavy atom. The summed E-state index contributed by atoms with van der Waals surface area (Å²) in [5.74, 6) is 0.379. The lowest BCUT2D eigenvalue weighted by atomic mass is 10.5. The molecular weight excluding hydrogens is 274 g/mol. The minimum absolute atomic E-state index is 0.102. The highest BCUT2D eigenvalue weighted by Crippen LogP contribution is 2.13. The molecule has 0 amide bonds. The van der Waals surface area contributed by atoms with E-state index in [-0.39, 0.29) is 11.3 Å². The SMILES string of the molecule is CCOc1nc(Cl)nc(NCc2csc(C)n2)n1. The third-order valence-corrected chi connectivity index (χ3v) is 2.95. The van der Waals surface area contributed by atoms with Crippen molar-refractivity contribution in [1.29, 1.82) is 0 Å². The zero-order valence-electron chi connectivity index (χ0n) is 9.97. The van der Waals surface area contributed by atoms with Gasteiger partial charge in [0, 0.05) is 5.38 Å². The Kier molecular flexibility index (Phi) is 4.27. The van der Waals surface area contributed by atoms with Gasteiger partial charge in [0.1, 0.15) is 0 Å². The number of halogens is 1. The average Bonchev–Trinajstić information content (AvgIpc) is 2.72. The van der Waals surface area contributed by atoms with Crippen molar-refractivity contribution in [3.05, 3.63) is 21.4 Å². The van der Waals surface area contributed by atoms with Crippen LogP contribution in [0.5, 0.6) is 6.01 Å². The number of hydrogen-bond donors (Lipinski definition) is 1. The fraction of sp³-hybridized carbons (Fsp3) is 0.400. The van der Waals surface area contributed by atoms with Gasteiger partial charge >= 0.3 is 6.01 Å². The highest BCUT2D eigenvalue weighted by atomic mass is 35.5. The van der Waals surface area contributed by atoms with E-state index in [1.165, 1.54) is 0 Å². The van der Waals surface area contributed by atoms with Crippen molar-refractivity contribution in [2.45, 2.75) is 20.4 Å². The molecule has 2 aromatic heterocycles. The molecule has 0 aliphatic rings. The second kappa shape index (κ2) is 5.92. The molecule has 0 bridgehead atoms. The maximum Gasteiger partial charge on any atom is 0.322 e. The molecule has 0 atom stereocenters. The van der Waals surface area contributed by atoms with E-state index in [9.17, 15) is 0 Å². The van der Waals surface area contributed by atoms with Gasteiger partial charge in [0.25, 0.3) is 0 Å². The van der Waals surface area contributed by atoms with E-state index in [2.05, 4.69) is 25.3 Å². The predicted molar refractivity (Wildman–Crippen MR) is 70.2 cm³/mol. The fourth-order valence-corrected chi connectivity index (χ4v) is 2.03. The summed E-state index contributed by atoms with van der Waals surface area (Å²) in [4.78, 5) is 16.2. The van der Waals surface area contributed by atoms with E-state index < -0.39 is 0 Å². The van der Waals surface area contributed by atoms with Gasteiger partial charge in [-0.1, -0.05) is 0 Å². The summed E-state index contributed by atoms with van der Waals surface area (Å²) in [6, 6.07) is 0.217. The number of hydrogen-bond acceptors (Lipinski definition) is 7. The third-order valence-electron chi connectivity index (χ3n) is 1.96. The van der Waals surface area contributed by atoms with Crippen LogP contribution in [0, 0.1) is 6.92 Å². The summed E-state index contributed by atoms with van der Waals surface area (Å²) in [6.07, 6.45) is 0. The normalized spacial score (nSPS) is 10.4. The Hall–Kier alpha value is -1.47. The lowest BCUT2D eigenvalue weighted by Crippen LogP contribution is -2.07. The number of aromatic nitrogens is 4. The highest BCUT2D eigenvalue weighted by molar-refractivity contribution is 7.09. The number of thiazole rings is 1. The Labute approximate surface area is 113 Å². The van der Waals surface area contributed by atoms with E-state index in [4.69, 9.17) is 16.3 Å². The van der Waals surface area contributed by atoms with Crippen LogP contribution < -0.4 is 10.1 Å². The maximum absolute atomic E-state index is 5.78. The first-order chi connectivity index (χ1) is 8.67. The molecule has 2 rings (SSSR count). The van der Waals surface area contributed by atoms with Crippen molar-refractivity contribution < 1.29 is 4.74 Å². The largest absolute Gasteiger partial charge is 0.464 e. The summed E-state index contributed by atoms with van der Waals surface area (Å²) in [5.41, 5.74) is 0.937. The molecule has 0 fully saturated rings. The number of rotatable bonds is 5. The van der Waals surface area contributed by atoms with Crippen LogP contribution in [0.1, 0.15) is 17.6 Å². The molecule has 0 saturated carbocycles.